The lowest BCUT2D eigenvalue weighted by atomic mass is 10.1. The van der Waals surface area contributed by atoms with E-state index >= 15 is 0 Å². The van der Waals surface area contributed by atoms with Gasteiger partial charge in [0, 0.05) is 7.60 Å². The van der Waals surface area contributed by atoms with Gasteiger partial charge in [0.25, 0.3) is 0 Å². The molecular formula is C17H39N2O4P. The number of amides is 1. The van der Waals surface area contributed by atoms with Crippen LogP contribution in [0.3, 0.4) is 0 Å². The smallest absolute Gasteiger partial charge is 0.804 e. The standard InChI is InChI=1S/C16H35N.CH4NO4P/c1-4-7-8-9-10-11-12-13-14-15-16-17(5-2)6-3;2-1(3)7(4,5)6/h4-16H2,1-3H3;(H2,2,3)(H2,4,5,6). The van der Waals surface area contributed by atoms with Gasteiger partial charge in [-0.1, -0.05) is 58.3 Å². The maximum absolute atomic E-state index is 9.35. The van der Waals surface area contributed by atoms with Gasteiger partial charge in [0.05, 0.1) is 19.6 Å². The number of unbranched alkanes of at least 4 members (excludes halogenated alkanes) is 9. The zero-order valence-corrected chi connectivity index (χ0v) is 16.7. The van der Waals surface area contributed by atoms with Crippen LogP contribution in [-0.2, 0) is 4.57 Å². The second-order valence-electron chi connectivity index (χ2n) is 6.22. The van der Waals surface area contributed by atoms with E-state index < -0.39 is 13.2 Å². The third kappa shape index (κ3) is 19.6. The Morgan fingerprint density at radius 3 is 1.50 bits per heavy atom. The molecule has 0 heterocycles. The quantitative estimate of drug-likeness (QED) is 0.361. The molecule has 0 aromatic carbocycles. The second kappa shape index (κ2) is 17.4. The van der Waals surface area contributed by atoms with Crippen LogP contribution in [0.4, 0.5) is 4.79 Å². The molecular weight excluding hydrogens is 327 g/mol. The number of hydrogen-bond donors (Lipinski definition) is 2. The molecule has 0 radical (unpaired) electrons. The van der Waals surface area contributed by atoms with Gasteiger partial charge in [-0.2, -0.15) is 0 Å². The van der Waals surface area contributed by atoms with Crippen molar-refractivity contribution in [3.63, 3.8) is 0 Å². The van der Waals surface area contributed by atoms with Crippen LogP contribution in [0.5, 0.6) is 0 Å². The molecule has 0 saturated carbocycles. The molecule has 1 amide bonds. The fraction of sp³-hybridized carbons (Fsp3) is 0.941. The molecule has 0 atom stereocenters. The Labute approximate surface area is 149 Å². The maximum atomic E-state index is 9.35. The fourth-order valence-corrected chi connectivity index (χ4v) is 2.47. The first kappa shape index (κ1) is 25.8. The summed E-state index contributed by atoms with van der Waals surface area (Å²) < 4.78 is 9.33. The summed E-state index contributed by atoms with van der Waals surface area (Å²) in [6, 6.07) is 0. The van der Waals surface area contributed by atoms with Crippen LogP contribution in [0.25, 0.3) is 0 Å². The first-order valence-corrected chi connectivity index (χ1v) is 11.0. The molecule has 0 aromatic rings. The average Bonchev–Trinajstić information content (AvgIpc) is 2.52. The Hall–Kier alpha value is -0.420. The van der Waals surface area contributed by atoms with Gasteiger partial charge in [-0.05, 0) is 26.7 Å². The van der Waals surface area contributed by atoms with Crippen molar-refractivity contribution in [2.75, 3.05) is 19.6 Å². The molecule has 0 unspecified atom stereocenters. The lowest BCUT2D eigenvalue weighted by molar-refractivity contribution is -0.896. The minimum atomic E-state index is -5.10. The zero-order valence-electron chi connectivity index (χ0n) is 16.8. The molecule has 7 heteroatoms. The Bertz CT molecular complexity index is 337. The van der Waals surface area contributed by atoms with Crippen molar-refractivity contribution in [3.05, 3.63) is 0 Å². The number of carbonyl (C=O) groups is 1. The third-order valence-corrected chi connectivity index (χ3v) is 4.69. The van der Waals surface area contributed by atoms with Gasteiger partial charge in [0.2, 0.25) is 5.65 Å². The van der Waals surface area contributed by atoms with Crippen LogP contribution in [0, 0.1) is 0 Å². The van der Waals surface area contributed by atoms with E-state index in [1.165, 1.54) is 83.8 Å². The Balaban J connectivity index is -0.000000513. The van der Waals surface area contributed by atoms with E-state index in [1.807, 2.05) is 0 Å². The predicted octanol–water partition coefficient (Wildman–Crippen LogP) is 1.92. The largest absolute Gasteiger partial charge is 1.00 e. The van der Waals surface area contributed by atoms with Gasteiger partial charge < -0.3 is 25.0 Å². The number of hydrogen-bond acceptors (Lipinski definition) is 4. The van der Waals surface area contributed by atoms with Gasteiger partial charge in [-0.15, -0.1) is 0 Å². The van der Waals surface area contributed by atoms with Crippen LogP contribution in [-0.4, -0.2) is 25.3 Å². The topological polar surface area (TPSA) is 111 Å². The van der Waals surface area contributed by atoms with E-state index in [1.54, 1.807) is 4.90 Å². The summed E-state index contributed by atoms with van der Waals surface area (Å²) in [4.78, 5) is 29.8. The molecule has 6 nitrogen and oxygen atoms in total. The highest BCUT2D eigenvalue weighted by molar-refractivity contribution is 7.67. The van der Waals surface area contributed by atoms with Gasteiger partial charge in [0.1, 0.15) is 0 Å². The molecule has 0 rings (SSSR count). The number of nitrogens with one attached hydrogen (secondary N) is 1. The minimum Gasteiger partial charge on any atom is -0.804 e. The highest BCUT2D eigenvalue weighted by Gasteiger charge is 2.00. The van der Waals surface area contributed by atoms with Gasteiger partial charge in [0.15, 0.2) is 0 Å². The number of primary amides is 1. The molecule has 0 fully saturated rings. The molecule has 24 heavy (non-hydrogen) atoms. The predicted molar refractivity (Wildman–Crippen MR) is 97.1 cm³/mol. The van der Waals surface area contributed by atoms with Crippen molar-refractivity contribution in [2.24, 2.45) is 5.73 Å². The van der Waals surface area contributed by atoms with Crippen LogP contribution < -0.4 is 20.4 Å². The van der Waals surface area contributed by atoms with Crippen molar-refractivity contribution in [1.29, 1.82) is 0 Å². The monoisotopic (exact) mass is 366 g/mol. The lowest BCUT2D eigenvalue weighted by Crippen LogP contribution is -3.11. The summed E-state index contributed by atoms with van der Waals surface area (Å²) in [5, 5.41) is 0. The molecule has 0 aromatic heterocycles. The van der Waals surface area contributed by atoms with Crippen molar-refractivity contribution >= 4 is 13.2 Å². The molecule has 3 N–H and O–H groups in total. The highest BCUT2D eigenvalue weighted by Crippen LogP contribution is 2.20. The summed E-state index contributed by atoms with van der Waals surface area (Å²) in [5.74, 6) is 0. The molecule has 0 aliphatic heterocycles. The van der Waals surface area contributed by atoms with Crippen molar-refractivity contribution in [3.8, 4) is 0 Å². The molecule has 0 aliphatic carbocycles. The SMILES string of the molecule is CCCCCCCCCCCC[NH+](CC)CC.NC(=O)P(=O)([O-])[O-].[H+]. The second-order valence-corrected chi connectivity index (χ2v) is 7.66. The molecule has 146 valence electrons. The van der Waals surface area contributed by atoms with Crippen molar-refractivity contribution in [2.45, 2.75) is 85.0 Å². The summed E-state index contributed by atoms with van der Waals surface area (Å²) in [7, 11) is -5.10. The average molecular weight is 366 g/mol. The normalized spacial score (nSPS) is 11.2. The molecule has 0 bridgehead atoms. The maximum Gasteiger partial charge on any atom is 1.00 e. The van der Waals surface area contributed by atoms with Crippen LogP contribution in [0.2, 0.25) is 0 Å². The summed E-state index contributed by atoms with van der Waals surface area (Å²) in [6.45, 7) is 10.9. The number of nitrogens with two attached hydrogens (primary N) is 1. The van der Waals surface area contributed by atoms with Crippen LogP contribution in [0.1, 0.15) is 86.4 Å². The Morgan fingerprint density at radius 1 is 0.875 bits per heavy atom. The number of quaternary nitrogens is 1. The highest BCUT2D eigenvalue weighted by atomic mass is 31.2. The zero-order chi connectivity index (χ0) is 18.8. The Kier molecular flexibility index (Phi) is 18.7. The first-order chi connectivity index (χ1) is 11.3. The van der Waals surface area contributed by atoms with Gasteiger partial charge in [-0.3, -0.25) is 4.79 Å². The summed E-state index contributed by atoms with van der Waals surface area (Å²) in [6.07, 6.45) is 14.5. The van der Waals surface area contributed by atoms with E-state index in [2.05, 4.69) is 26.5 Å². The van der Waals surface area contributed by atoms with E-state index in [9.17, 15) is 19.1 Å². The van der Waals surface area contributed by atoms with Crippen LogP contribution >= 0.6 is 7.60 Å². The molecule has 0 saturated heterocycles. The summed E-state index contributed by atoms with van der Waals surface area (Å²) in [5.41, 5.74) is 2.23. The third-order valence-electron chi connectivity index (χ3n) is 4.15. The Morgan fingerprint density at radius 2 is 1.21 bits per heavy atom. The van der Waals surface area contributed by atoms with Crippen molar-refractivity contribution < 1.29 is 25.5 Å². The fourth-order valence-electron chi connectivity index (χ4n) is 2.47. The van der Waals surface area contributed by atoms with Gasteiger partial charge in [-0.25, -0.2) is 0 Å². The van der Waals surface area contributed by atoms with E-state index in [4.69, 9.17) is 0 Å². The summed E-state index contributed by atoms with van der Waals surface area (Å²) >= 11 is 0. The van der Waals surface area contributed by atoms with Crippen molar-refractivity contribution in [1.82, 2.24) is 0 Å². The van der Waals surface area contributed by atoms with Crippen LogP contribution in [0.15, 0.2) is 0 Å². The van der Waals surface area contributed by atoms with E-state index in [-0.39, 0.29) is 1.43 Å². The minimum absolute atomic E-state index is 0. The molecule has 0 spiro atoms. The first-order valence-electron chi connectivity index (χ1n) is 9.45. The number of rotatable bonds is 14. The number of carbonyl (C=O) groups excluding carboxylic acids is 1. The lowest BCUT2D eigenvalue weighted by Gasteiger charge is -2.23. The molecule has 0 aliphatic rings. The van der Waals surface area contributed by atoms with E-state index in [0.29, 0.717) is 0 Å². The van der Waals surface area contributed by atoms with Gasteiger partial charge >= 0.3 is 1.43 Å². The van der Waals surface area contributed by atoms with E-state index in [0.717, 1.165) is 0 Å².